The molecule has 1 amide bonds. The first-order valence-corrected chi connectivity index (χ1v) is 10.4. The Bertz CT molecular complexity index is 1300. The Morgan fingerprint density at radius 2 is 1.88 bits per heavy atom. The molecule has 2 aromatic carbocycles. The van der Waals surface area contributed by atoms with Crippen molar-refractivity contribution < 1.29 is 9.53 Å². The van der Waals surface area contributed by atoms with E-state index in [1.54, 1.807) is 18.0 Å². The Balaban J connectivity index is 1.58. The van der Waals surface area contributed by atoms with E-state index in [4.69, 9.17) is 16.3 Å². The minimum absolute atomic E-state index is 0.0992. The summed E-state index contributed by atoms with van der Waals surface area (Å²) in [4.78, 5) is 17.2. The van der Waals surface area contributed by atoms with E-state index in [1.807, 2.05) is 55.5 Å². The lowest BCUT2D eigenvalue weighted by Gasteiger charge is -2.24. The molecule has 32 heavy (non-hydrogen) atoms. The fourth-order valence-corrected chi connectivity index (χ4v) is 4.08. The lowest BCUT2D eigenvalue weighted by molar-refractivity contribution is -0.116. The van der Waals surface area contributed by atoms with Crippen LogP contribution in [-0.4, -0.2) is 38.0 Å². The highest BCUT2D eigenvalue weighted by Crippen LogP contribution is 2.40. The van der Waals surface area contributed by atoms with Crippen LogP contribution in [0.1, 0.15) is 29.2 Å². The maximum Gasteiger partial charge on any atom is 0.272 e. The number of ether oxygens (including phenoxy) is 1. The van der Waals surface area contributed by atoms with E-state index >= 15 is 0 Å². The molecule has 1 aliphatic rings. The third-order valence-corrected chi connectivity index (χ3v) is 5.75. The van der Waals surface area contributed by atoms with Gasteiger partial charge in [-0.1, -0.05) is 23.7 Å². The number of methoxy groups -OCH3 is 1. The molecule has 0 fully saturated rings. The van der Waals surface area contributed by atoms with Gasteiger partial charge in [0.05, 0.1) is 24.7 Å². The number of aromatic nitrogens is 5. The van der Waals surface area contributed by atoms with Crippen molar-refractivity contribution in [3.05, 3.63) is 76.6 Å². The number of fused-ring (bicyclic) bond motifs is 1. The Morgan fingerprint density at radius 1 is 1.12 bits per heavy atom. The molecular formula is C23H19ClN6O2. The molecule has 4 aromatic rings. The van der Waals surface area contributed by atoms with Crippen LogP contribution in [-0.2, 0) is 4.79 Å². The smallest absolute Gasteiger partial charge is 0.272 e. The number of hydrogen-bond donors (Lipinski definition) is 1. The number of carbonyl (C=O) groups excluding carboxylic acids is 1. The maximum atomic E-state index is 12.6. The maximum absolute atomic E-state index is 12.6. The highest BCUT2D eigenvalue weighted by molar-refractivity contribution is 6.30. The number of nitrogens with one attached hydrogen (secondary N) is 1. The van der Waals surface area contributed by atoms with Crippen molar-refractivity contribution in [3.63, 3.8) is 0 Å². The fourth-order valence-electron chi connectivity index (χ4n) is 3.96. The highest BCUT2D eigenvalue weighted by atomic mass is 35.5. The van der Waals surface area contributed by atoms with Gasteiger partial charge < -0.3 is 10.1 Å². The van der Waals surface area contributed by atoms with Gasteiger partial charge >= 0.3 is 0 Å². The SMILES string of the molecule is COc1ccc(-c2cnnc(-n3nc(C)c4c3NC(=O)C[C@H]4c3ccc(Cl)cc3)n2)cc1. The van der Waals surface area contributed by atoms with Gasteiger partial charge in [-0.3, -0.25) is 4.79 Å². The van der Waals surface area contributed by atoms with E-state index in [0.29, 0.717) is 23.0 Å². The first-order valence-electron chi connectivity index (χ1n) is 10.0. The molecule has 0 spiro atoms. The predicted octanol–water partition coefficient (Wildman–Crippen LogP) is 4.17. The van der Waals surface area contributed by atoms with Crippen molar-refractivity contribution >= 4 is 23.3 Å². The molecule has 9 heteroatoms. The standard InChI is InChI=1S/C23H19ClN6O2/c1-13-21-18(14-3-7-16(24)8-4-14)11-20(31)27-22(21)30(29-13)23-26-19(12-25-28-23)15-5-9-17(32-2)10-6-15/h3-10,12,18H,11H2,1-2H3,(H,27,31)/t18-/m0/s1. The molecule has 1 atom stereocenters. The summed E-state index contributed by atoms with van der Waals surface area (Å²) >= 11 is 6.05. The van der Waals surface area contributed by atoms with Crippen LogP contribution < -0.4 is 10.1 Å². The van der Waals surface area contributed by atoms with Gasteiger partial charge in [0.2, 0.25) is 5.91 Å². The second-order valence-corrected chi connectivity index (χ2v) is 7.92. The van der Waals surface area contributed by atoms with E-state index in [9.17, 15) is 4.79 Å². The van der Waals surface area contributed by atoms with Crippen LogP contribution in [0.5, 0.6) is 5.75 Å². The molecular weight excluding hydrogens is 428 g/mol. The largest absolute Gasteiger partial charge is 0.497 e. The number of aryl methyl sites for hydroxylation is 1. The van der Waals surface area contributed by atoms with Crippen LogP contribution in [0, 0.1) is 6.92 Å². The van der Waals surface area contributed by atoms with Gasteiger partial charge in [-0.25, -0.2) is 4.98 Å². The van der Waals surface area contributed by atoms with Crippen LogP contribution in [0.3, 0.4) is 0 Å². The minimum Gasteiger partial charge on any atom is -0.497 e. The number of benzene rings is 2. The molecule has 0 unspecified atom stereocenters. The van der Waals surface area contributed by atoms with Crippen LogP contribution >= 0.6 is 11.6 Å². The van der Waals surface area contributed by atoms with Gasteiger partial charge in [0, 0.05) is 28.5 Å². The number of rotatable bonds is 4. The Labute approximate surface area is 189 Å². The van der Waals surface area contributed by atoms with Crippen molar-refractivity contribution in [1.82, 2.24) is 25.0 Å². The monoisotopic (exact) mass is 446 g/mol. The molecule has 1 N–H and O–H groups in total. The molecule has 0 saturated carbocycles. The van der Waals surface area contributed by atoms with Crippen LogP contribution in [0.25, 0.3) is 17.2 Å². The quantitative estimate of drug-likeness (QED) is 0.505. The lowest BCUT2D eigenvalue weighted by Crippen LogP contribution is -2.25. The third-order valence-electron chi connectivity index (χ3n) is 5.50. The second-order valence-electron chi connectivity index (χ2n) is 7.49. The third kappa shape index (κ3) is 3.58. The summed E-state index contributed by atoms with van der Waals surface area (Å²) in [6.07, 6.45) is 1.91. The van der Waals surface area contributed by atoms with Gasteiger partial charge in [0.1, 0.15) is 11.6 Å². The molecule has 1 aliphatic heterocycles. The first kappa shape index (κ1) is 20.1. The van der Waals surface area contributed by atoms with E-state index in [0.717, 1.165) is 28.1 Å². The van der Waals surface area contributed by atoms with Crippen molar-refractivity contribution in [1.29, 1.82) is 0 Å². The van der Waals surface area contributed by atoms with Crippen LogP contribution in [0.15, 0.2) is 54.7 Å². The molecule has 2 aromatic heterocycles. The van der Waals surface area contributed by atoms with Crippen molar-refractivity contribution in [2.75, 3.05) is 12.4 Å². The summed E-state index contributed by atoms with van der Waals surface area (Å²) < 4.78 is 6.76. The number of anilines is 1. The fraction of sp³-hybridized carbons (Fsp3) is 0.174. The number of amides is 1. The molecule has 160 valence electrons. The highest BCUT2D eigenvalue weighted by Gasteiger charge is 2.33. The average Bonchev–Trinajstić information content (AvgIpc) is 3.15. The number of halogens is 1. The van der Waals surface area contributed by atoms with Crippen LogP contribution in [0.4, 0.5) is 5.82 Å². The van der Waals surface area contributed by atoms with E-state index < -0.39 is 0 Å². The van der Waals surface area contributed by atoms with E-state index in [2.05, 4.69) is 25.6 Å². The summed E-state index contributed by atoms with van der Waals surface area (Å²) in [6, 6.07) is 15.0. The van der Waals surface area contributed by atoms with Gasteiger partial charge in [-0.15, -0.1) is 5.10 Å². The lowest BCUT2D eigenvalue weighted by atomic mass is 9.86. The zero-order valence-corrected chi connectivity index (χ0v) is 18.2. The van der Waals surface area contributed by atoms with Crippen molar-refractivity contribution in [2.45, 2.75) is 19.3 Å². The molecule has 0 aliphatic carbocycles. The van der Waals surface area contributed by atoms with E-state index in [1.165, 1.54) is 0 Å². The predicted molar refractivity (Wildman–Crippen MR) is 120 cm³/mol. The zero-order valence-electron chi connectivity index (χ0n) is 17.4. The van der Waals surface area contributed by atoms with Gasteiger partial charge in [0.25, 0.3) is 5.95 Å². The molecule has 3 heterocycles. The van der Waals surface area contributed by atoms with Gasteiger partial charge in [-0.05, 0) is 48.9 Å². The topological polar surface area (TPSA) is 94.8 Å². The molecule has 8 nitrogen and oxygen atoms in total. The number of nitrogens with zero attached hydrogens (tertiary/aromatic N) is 5. The number of carbonyl (C=O) groups is 1. The number of hydrogen-bond acceptors (Lipinski definition) is 6. The van der Waals surface area contributed by atoms with Gasteiger partial charge in [-0.2, -0.15) is 14.9 Å². The summed E-state index contributed by atoms with van der Waals surface area (Å²) in [5.41, 5.74) is 4.22. The van der Waals surface area contributed by atoms with Crippen molar-refractivity contribution in [2.24, 2.45) is 0 Å². The Kier molecular flexibility index (Phi) is 5.07. The summed E-state index contributed by atoms with van der Waals surface area (Å²) in [5, 5.41) is 16.5. The second kappa shape index (κ2) is 8.05. The average molecular weight is 447 g/mol. The Morgan fingerprint density at radius 3 is 2.59 bits per heavy atom. The molecule has 0 radical (unpaired) electrons. The molecule has 0 bridgehead atoms. The van der Waals surface area contributed by atoms with Gasteiger partial charge in [0.15, 0.2) is 0 Å². The normalized spacial score (nSPS) is 15.2. The van der Waals surface area contributed by atoms with E-state index in [-0.39, 0.29) is 17.8 Å². The van der Waals surface area contributed by atoms with Crippen molar-refractivity contribution in [3.8, 4) is 23.0 Å². The Hall–Kier alpha value is -3.78. The zero-order chi connectivity index (χ0) is 22.2. The molecule has 5 rings (SSSR count). The summed E-state index contributed by atoms with van der Waals surface area (Å²) in [6.45, 7) is 1.91. The minimum atomic E-state index is -0.137. The first-order chi connectivity index (χ1) is 15.5. The summed E-state index contributed by atoms with van der Waals surface area (Å²) in [5.74, 6) is 1.36. The molecule has 0 saturated heterocycles. The van der Waals surface area contributed by atoms with Crippen LogP contribution in [0.2, 0.25) is 5.02 Å². The summed E-state index contributed by atoms with van der Waals surface area (Å²) in [7, 11) is 1.62.